The average Bonchev–Trinajstić information content (AvgIpc) is 2.40. The summed E-state index contributed by atoms with van der Waals surface area (Å²) in [5.41, 5.74) is 6.49. The second-order valence-corrected chi connectivity index (χ2v) is 6.05. The Morgan fingerprint density at radius 3 is 2.35 bits per heavy atom. The third-order valence-electron chi connectivity index (χ3n) is 3.99. The molecule has 114 valence electrons. The van der Waals surface area contributed by atoms with E-state index in [1.54, 1.807) is 6.07 Å². The van der Waals surface area contributed by atoms with Crippen LogP contribution in [0.15, 0.2) is 24.3 Å². The van der Waals surface area contributed by atoms with Gasteiger partial charge < -0.3 is 10.6 Å². The van der Waals surface area contributed by atoms with Crippen LogP contribution in [0, 0.1) is 5.82 Å². The Kier molecular flexibility index (Phi) is 6.59. The first kappa shape index (κ1) is 17.1. The minimum absolute atomic E-state index is 0.145. The van der Waals surface area contributed by atoms with Gasteiger partial charge in [0.05, 0.1) is 0 Å². The quantitative estimate of drug-likeness (QED) is 0.791. The van der Waals surface area contributed by atoms with Gasteiger partial charge in [-0.1, -0.05) is 18.2 Å². The van der Waals surface area contributed by atoms with Crippen LogP contribution in [0.3, 0.4) is 0 Å². The third kappa shape index (κ3) is 4.85. The summed E-state index contributed by atoms with van der Waals surface area (Å²) in [6.07, 6.45) is 1.71. The van der Waals surface area contributed by atoms with Gasteiger partial charge in [0.1, 0.15) is 5.82 Å². The first-order chi connectivity index (χ1) is 9.39. The van der Waals surface area contributed by atoms with Crippen molar-refractivity contribution in [3.8, 4) is 0 Å². The summed E-state index contributed by atoms with van der Waals surface area (Å²) < 4.78 is 13.8. The lowest BCUT2D eigenvalue weighted by atomic mass is 9.91. The molecule has 1 rings (SSSR count). The molecule has 0 saturated heterocycles. The van der Waals surface area contributed by atoms with Gasteiger partial charge in [-0.05, 0) is 65.6 Å². The zero-order valence-corrected chi connectivity index (χ0v) is 13.2. The molecule has 0 aliphatic rings. The molecule has 0 fully saturated rings. The van der Waals surface area contributed by atoms with E-state index in [0.717, 1.165) is 25.1 Å². The van der Waals surface area contributed by atoms with Crippen LogP contribution in [0.4, 0.5) is 4.39 Å². The van der Waals surface area contributed by atoms with E-state index in [0.29, 0.717) is 13.0 Å². The molecule has 3 nitrogen and oxygen atoms in total. The Hall–Kier alpha value is -0.970. The number of likely N-dealkylation sites (N-methyl/N-ethyl adjacent to an activating group) is 1. The van der Waals surface area contributed by atoms with E-state index in [4.69, 9.17) is 5.73 Å². The summed E-state index contributed by atoms with van der Waals surface area (Å²) in [4.78, 5) is 4.42. The van der Waals surface area contributed by atoms with E-state index in [1.165, 1.54) is 6.07 Å². The fourth-order valence-electron chi connectivity index (χ4n) is 2.31. The highest BCUT2D eigenvalue weighted by Gasteiger charge is 2.28. The number of benzene rings is 1. The second-order valence-electron chi connectivity index (χ2n) is 6.05. The SMILES string of the molecule is CN(C)CCCN(C)C(C)(CN)Cc1ccccc1F. The first-order valence-electron chi connectivity index (χ1n) is 7.18. The molecule has 1 atom stereocenters. The summed E-state index contributed by atoms with van der Waals surface area (Å²) in [6.45, 7) is 4.62. The first-order valence-corrected chi connectivity index (χ1v) is 7.18. The number of nitrogens with two attached hydrogens (primary N) is 1. The van der Waals surface area contributed by atoms with E-state index in [2.05, 4.69) is 37.9 Å². The maximum Gasteiger partial charge on any atom is 0.126 e. The molecule has 4 heteroatoms. The summed E-state index contributed by atoms with van der Waals surface area (Å²) in [5.74, 6) is -0.145. The Labute approximate surface area is 122 Å². The van der Waals surface area contributed by atoms with Gasteiger partial charge in [0, 0.05) is 12.1 Å². The highest BCUT2D eigenvalue weighted by molar-refractivity contribution is 5.20. The van der Waals surface area contributed by atoms with Crippen LogP contribution in [0.1, 0.15) is 18.9 Å². The zero-order valence-electron chi connectivity index (χ0n) is 13.2. The molecule has 0 heterocycles. The molecule has 0 aliphatic carbocycles. The predicted octanol–water partition coefficient (Wildman–Crippen LogP) is 1.97. The van der Waals surface area contributed by atoms with Gasteiger partial charge in [-0.25, -0.2) is 4.39 Å². The van der Waals surface area contributed by atoms with E-state index < -0.39 is 0 Å². The molecular formula is C16H28FN3. The molecular weight excluding hydrogens is 253 g/mol. The molecule has 0 radical (unpaired) electrons. The highest BCUT2D eigenvalue weighted by atomic mass is 19.1. The summed E-state index contributed by atoms with van der Waals surface area (Å²) in [6, 6.07) is 6.95. The largest absolute Gasteiger partial charge is 0.329 e. The molecule has 1 aromatic rings. The molecule has 0 bridgehead atoms. The minimum Gasteiger partial charge on any atom is -0.329 e. The molecule has 0 amide bonds. The smallest absolute Gasteiger partial charge is 0.126 e. The lowest BCUT2D eigenvalue weighted by Gasteiger charge is -2.38. The predicted molar refractivity (Wildman–Crippen MR) is 83.4 cm³/mol. The third-order valence-corrected chi connectivity index (χ3v) is 3.99. The maximum absolute atomic E-state index is 13.8. The molecule has 1 aromatic carbocycles. The number of hydrogen-bond donors (Lipinski definition) is 1. The molecule has 0 aromatic heterocycles. The van der Waals surface area contributed by atoms with Gasteiger partial charge in [-0.3, -0.25) is 4.90 Å². The van der Waals surface area contributed by atoms with Crippen LogP contribution >= 0.6 is 0 Å². The van der Waals surface area contributed by atoms with Crippen LogP contribution in [0.25, 0.3) is 0 Å². The van der Waals surface area contributed by atoms with E-state index in [-0.39, 0.29) is 11.4 Å². The van der Waals surface area contributed by atoms with Crippen LogP contribution < -0.4 is 5.73 Å². The van der Waals surface area contributed by atoms with Crippen molar-refractivity contribution in [1.82, 2.24) is 9.80 Å². The fraction of sp³-hybridized carbons (Fsp3) is 0.625. The standard InChI is InChI=1S/C16H28FN3/c1-16(13-18,20(4)11-7-10-19(2)3)12-14-8-5-6-9-15(14)17/h5-6,8-9H,7,10-13,18H2,1-4H3. The van der Waals surface area contributed by atoms with Gasteiger partial charge in [-0.2, -0.15) is 0 Å². The normalized spacial score (nSPS) is 14.8. The van der Waals surface area contributed by atoms with Crippen molar-refractivity contribution >= 4 is 0 Å². The van der Waals surface area contributed by atoms with Gasteiger partial charge in [0.25, 0.3) is 0 Å². The monoisotopic (exact) mass is 281 g/mol. The van der Waals surface area contributed by atoms with E-state index >= 15 is 0 Å². The van der Waals surface area contributed by atoms with Crippen molar-refractivity contribution in [3.63, 3.8) is 0 Å². The average molecular weight is 281 g/mol. The van der Waals surface area contributed by atoms with Crippen molar-refractivity contribution < 1.29 is 4.39 Å². The lowest BCUT2D eigenvalue weighted by Crippen LogP contribution is -2.52. The van der Waals surface area contributed by atoms with Gasteiger partial charge in [0.2, 0.25) is 0 Å². The second kappa shape index (κ2) is 7.72. The maximum atomic E-state index is 13.8. The van der Waals surface area contributed by atoms with Crippen molar-refractivity contribution in [3.05, 3.63) is 35.6 Å². The van der Waals surface area contributed by atoms with Crippen molar-refractivity contribution in [2.45, 2.75) is 25.3 Å². The Morgan fingerprint density at radius 2 is 1.80 bits per heavy atom. The summed E-state index contributed by atoms with van der Waals surface area (Å²) in [5, 5.41) is 0. The Balaban J connectivity index is 2.68. The Bertz CT molecular complexity index is 408. The van der Waals surface area contributed by atoms with Crippen LogP contribution in [-0.4, -0.2) is 56.1 Å². The van der Waals surface area contributed by atoms with Gasteiger partial charge in [-0.15, -0.1) is 0 Å². The molecule has 2 N–H and O–H groups in total. The van der Waals surface area contributed by atoms with E-state index in [1.807, 2.05) is 12.1 Å². The topological polar surface area (TPSA) is 32.5 Å². The summed E-state index contributed by atoms with van der Waals surface area (Å²) in [7, 11) is 6.21. The van der Waals surface area contributed by atoms with Crippen molar-refractivity contribution in [2.24, 2.45) is 5.73 Å². The van der Waals surface area contributed by atoms with Gasteiger partial charge in [0.15, 0.2) is 0 Å². The fourth-order valence-corrected chi connectivity index (χ4v) is 2.31. The van der Waals surface area contributed by atoms with Gasteiger partial charge >= 0.3 is 0 Å². The lowest BCUT2D eigenvalue weighted by molar-refractivity contribution is 0.137. The van der Waals surface area contributed by atoms with E-state index in [9.17, 15) is 4.39 Å². The molecule has 0 aliphatic heterocycles. The minimum atomic E-state index is -0.214. The molecule has 1 unspecified atom stereocenters. The number of nitrogens with zero attached hydrogens (tertiary/aromatic N) is 2. The molecule has 0 saturated carbocycles. The molecule has 0 spiro atoms. The van der Waals surface area contributed by atoms with Crippen LogP contribution in [0.5, 0.6) is 0 Å². The van der Waals surface area contributed by atoms with Crippen LogP contribution in [-0.2, 0) is 6.42 Å². The Morgan fingerprint density at radius 1 is 1.15 bits per heavy atom. The van der Waals surface area contributed by atoms with Crippen LogP contribution in [0.2, 0.25) is 0 Å². The van der Waals surface area contributed by atoms with Crippen molar-refractivity contribution in [2.75, 3.05) is 40.8 Å². The zero-order chi connectivity index (χ0) is 15.2. The highest BCUT2D eigenvalue weighted by Crippen LogP contribution is 2.20. The van der Waals surface area contributed by atoms with Crippen molar-refractivity contribution in [1.29, 1.82) is 0 Å². The number of hydrogen-bond acceptors (Lipinski definition) is 3. The molecule has 20 heavy (non-hydrogen) atoms. The number of halogens is 1. The summed E-state index contributed by atoms with van der Waals surface area (Å²) >= 11 is 0. The number of rotatable bonds is 8.